The molecule has 3 aliphatic rings. The Kier molecular flexibility index (Phi) is 4.68. The monoisotopic (exact) mass is 382 g/mol. The number of hydrogen-bond acceptors (Lipinski definition) is 4. The van der Waals surface area contributed by atoms with Gasteiger partial charge in [-0.05, 0) is 55.6 Å². The fourth-order valence-corrected chi connectivity index (χ4v) is 6.09. The zero-order valence-corrected chi connectivity index (χ0v) is 16.9. The van der Waals surface area contributed by atoms with Crippen molar-refractivity contribution in [1.29, 1.82) is 0 Å². The summed E-state index contributed by atoms with van der Waals surface area (Å²) in [4.78, 5) is 14.6. The van der Waals surface area contributed by atoms with Crippen LogP contribution in [-0.4, -0.2) is 48.3 Å². The molecular weight excluding hydrogens is 352 g/mol. The lowest BCUT2D eigenvalue weighted by atomic mass is 9.70. The van der Waals surface area contributed by atoms with Gasteiger partial charge in [-0.1, -0.05) is 18.2 Å². The van der Waals surface area contributed by atoms with E-state index in [1.165, 1.54) is 42.5 Å². The van der Waals surface area contributed by atoms with Gasteiger partial charge in [0.25, 0.3) is 0 Å². The topological polar surface area (TPSA) is 43.7 Å². The largest absolute Gasteiger partial charge is 0.461 e. The van der Waals surface area contributed by atoms with Crippen LogP contribution in [-0.2, 0) is 27.7 Å². The first-order valence-electron chi connectivity index (χ1n) is 10.6. The van der Waals surface area contributed by atoms with E-state index in [2.05, 4.69) is 40.8 Å². The average Bonchev–Trinajstić information content (AvgIpc) is 3.00. The highest BCUT2D eigenvalue weighted by Crippen LogP contribution is 2.48. The first kappa shape index (κ1) is 18.2. The quantitative estimate of drug-likeness (QED) is 0.763. The van der Waals surface area contributed by atoms with E-state index in [-0.39, 0.29) is 18.7 Å². The van der Waals surface area contributed by atoms with Gasteiger partial charge in [0.2, 0.25) is 0 Å². The Labute approximate surface area is 166 Å². The molecule has 1 aliphatic carbocycles. The van der Waals surface area contributed by atoms with Crippen molar-refractivity contribution in [2.24, 2.45) is 18.9 Å². The molecule has 1 saturated heterocycles. The molecule has 0 spiro atoms. The van der Waals surface area contributed by atoms with Gasteiger partial charge in [-0.2, -0.15) is 0 Å². The summed E-state index contributed by atoms with van der Waals surface area (Å²) in [6.45, 7) is 2.41. The first-order valence-corrected chi connectivity index (χ1v) is 10.6. The highest BCUT2D eigenvalue weighted by Gasteiger charge is 2.43. The number of fused-ring (bicyclic) bond motifs is 6. The summed E-state index contributed by atoms with van der Waals surface area (Å²) >= 11 is 0. The summed E-state index contributed by atoms with van der Waals surface area (Å²) in [5.41, 5.74) is 4.42. The molecule has 3 heterocycles. The fourth-order valence-electron chi connectivity index (χ4n) is 6.09. The van der Waals surface area contributed by atoms with Gasteiger partial charge in [-0.15, -0.1) is 0 Å². The number of para-hydroxylation sites is 1. The summed E-state index contributed by atoms with van der Waals surface area (Å²) in [5.74, 6) is 1.15. The van der Waals surface area contributed by atoms with E-state index in [9.17, 15) is 4.79 Å². The predicted molar refractivity (Wildman–Crippen MR) is 108 cm³/mol. The number of carbonyl (C=O) groups excluding carboxylic acids is 1. The summed E-state index contributed by atoms with van der Waals surface area (Å²) < 4.78 is 13.0. The Balaban J connectivity index is 1.39. The maximum absolute atomic E-state index is 11.8. The van der Waals surface area contributed by atoms with Crippen molar-refractivity contribution in [1.82, 2.24) is 9.47 Å². The zero-order chi connectivity index (χ0) is 19.3. The maximum atomic E-state index is 11.8. The van der Waals surface area contributed by atoms with Crippen LogP contribution in [0.5, 0.6) is 0 Å². The number of aryl methyl sites for hydroxylation is 1. The number of esters is 1. The summed E-state index contributed by atoms with van der Waals surface area (Å²) in [6.07, 6.45) is 5.56. The average molecular weight is 383 g/mol. The molecule has 1 aromatic heterocycles. The molecule has 1 aromatic carbocycles. The summed E-state index contributed by atoms with van der Waals surface area (Å²) in [5, 5.41) is 1.43. The number of methoxy groups -OCH3 is 1. The van der Waals surface area contributed by atoms with Gasteiger partial charge in [0.1, 0.15) is 12.7 Å². The van der Waals surface area contributed by atoms with Crippen LogP contribution in [0.25, 0.3) is 10.9 Å². The molecule has 0 N–H and O–H groups in total. The van der Waals surface area contributed by atoms with Crippen molar-refractivity contribution in [2.75, 3.05) is 26.8 Å². The van der Waals surface area contributed by atoms with Crippen molar-refractivity contribution in [3.63, 3.8) is 0 Å². The van der Waals surface area contributed by atoms with Crippen molar-refractivity contribution in [3.05, 3.63) is 35.5 Å². The molecule has 2 fully saturated rings. The van der Waals surface area contributed by atoms with E-state index < -0.39 is 0 Å². The van der Waals surface area contributed by atoms with Gasteiger partial charge in [-0.3, -0.25) is 4.90 Å². The van der Waals surface area contributed by atoms with Crippen LogP contribution in [0.4, 0.5) is 0 Å². The van der Waals surface area contributed by atoms with Crippen LogP contribution >= 0.6 is 0 Å². The summed E-state index contributed by atoms with van der Waals surface area (Å²) in [6, 6.07) is 9.32. The molecule has 2 aliphatic heterocycles. The lowest BCUT2D eigenvalue weighted by Crippen LogP contribution is -2.49. The second-order valence-electron chi connectivity index (χ2n) is 8.81. The van der Waals surface area contributed by atoms with Crippen LogP contribution in [0, 0.1) is 11.8 Å². The molecule has 5 nitrogen and oxygen atoms in total. The minimum absolute atomic E-state index is 0.0559. The third-order valence-corrected chi connectivity index (χ3v) is 7.31. The van der Waals surface area contributed by atoms with Crippen LogP contribution in [0.1, 0.15) is 43.0 Å². The lowest BCUT2D eigenvalue weighted by Gasteiger charge is -2.49. The van der Waals surface area contributed by atoms with E-state index in [0.717, 1.165) is 25.2 Å². The van der Waals surface area contributed by atoms with Crippen molar-refractivity contribution in [2.45, 2.75) is 44.2 Å². The highest BCUT2D eigenvalue weighted by atomic mass is 16.6. The molecule has 0 bridgehead atoms. The van der Waals surface area contributed by atoms with Crippen LogP contribution in [0.15, 0.2) is 24.3 Å². The number of rotatable bonds is 3. The maximum Gasteiger partial charge on any atom is 0.332 e. The third-order valence-electron chi connectivity index (χ3n) is 7.31. The number of ether oxygens (including phenoxy) is 2. The molecule has 5 rings (SSSR count). The first-order chi connectivity index (χ1) is 13.7. The number of aromatic nitrogens is 1. The van der Waals surface area contributed by atoms with E-state index in [0.29, 0.717) is 12.0 Å². The molecule has 4 atom stereocenters. The molecule has 1 saturated carbocycles. The second-order valence-corrected chi connectivity index (χ2v) is 8.81. The smallest absolute Gasteiger partial charge is 0.332 e. The van der Waals surface area contributed by atoms with Crippen molar-refractivity contribution < 1.29 is 14.3 Å². The Morgan fingerprint density at radius 1 is 1.18 bits per heavy atom. The van der Waals surface area contributed by atoms with Gasteiger partial charge in [0.05, 0.1) is 6.04 Å². The van der Waals surface area contributed by atoms with Crippen LogP contribution < -0.4 is 0 Å². The molecule has 28 heavy (non-hydrogen) atoms. The predicted octanol–water partition coefficient (Wildman–Crippen LogP) is 3.46. The number of nitrogens with zero attached hydrogens (tertiary/aromatic N) is 2. The number of piperidine rings is 1. The Hall–Kier alpha value is -1.85. The lowest BCUT2D eigenvalue weighted by molar-refractivity contribution is -0.157. The standard InChI is InChI=1S/C23H30N2O3/c1-24-20-6-4-3-5-18(20)19-9-10-25-13-15-7-8-17(28-22(26)14-27-2)11-16(15)12-21(25)23(19)24/h3-6,15-17,21H,7-14H2,1-2H3/t15?,16?,17-,21?/m0/s1. The fraction of sp³-hybridized carbons (Fsp3) is 0.609. The van der Waals surface area contributed by atoms with Gasteiger partial charge in [0.15, 0.2) is 0 Å². The van der Waals surface area contributed by atoms with Gasteiger partial charge in [0, 0.05) is 43.8 Å². The molecule has 0 amide bonds. The van der Waals surface area contributed by atoms with Crippen molar-refractivity contribution in [3.8, 4) is 0 Å². The SMILES string of the molecule is COCC(=O)O[C@H]1CCC2CN3CCc4c(n(C)c5ccccc45)C3CC2C1. The molecular formula is C23H30N2O3. The minimum atomic E-state index is -0.225. The number of carbonyl (C=O) groups is 1. The Morgan fingerprint density at radius 2 is 2.04 bits per heavy atom. The Morgan fingerprint density at radius 3 is 2.89 bits per heavy atom. The normalized spacial score (nSPS) is 29.8. The van der Waals surface area contributed by atoms with Gasteiger partial charge < -0.3 is 14.0 Å². The highest BCUT2D eigenvalue weighted by molar-refractivity contribution is 5.86. The molecule has 3 unspecified atom stereocenters. The zero-order valence-electron chi connectivity index (χ0n) is 16.9. The third kappa shape index (κ3) is 2.96. The second kappa shape index (κ2) is 7.20. The molecule has 150 valence electrons. The van der Waals surface area contributed by atoms with Crippen LogP contribution in [0.3, 0.4) is 0 Å². The Bertz CT molecular complexity index is 889. The van der Waals surface area contributed by atoms with E-state index in [1.54, 1.807) is 12.7 Å². The number of hydrogen-bond donors (Lipinski definition) is 0. The number of benzene rings is 1. The molecule has 2 aromatic rings. The van der Waals surface area contributed by atoms with Gasteiger partial charge in [-0.25, -0.2) is 4.79 Å². The van der Waals surface area contributed by atoms with Crippen LogP contribution in [0.2, 0.25) is 0 Å². The molecule has 5 heteroatoms. The van der Waals surface area contributed by atoms with E-state index in [1.807, 2.05) is 0 Å². The van der Waals surface area contributed by atoms with Gasteiger partial charge >= 0.3 is 5.97 Å². The minimum Gasteiger partial charge on any atom is -0.461 e. The summed E-state index contributed by atoms with van der Waals surface area (Å²) in [7, 11) is 3.77. The van der Waals surface area contributed by atoms with E-state index >= 15 is 0 Å². The van der Waals surface area contributed by atoms with E-state index in [4.69, 9.17) is 9.47 Å². The van der Waals surface area contributed by atoms with Crippen molar-refractivity contribution >= 4 is 16.9 Å². The molecule has 0 radical (unpaired) electrons.